The van der Waals surface area contributed by atoms with E-state index in [0.717, 1.165) is 38.5 Å². The van der Waals surface area contributed by atoms with Gasteiger partial charge in [-0.1, -0.05) is 231 Å². The molecule has 0 aromatic rings. The van der Waals surface area contributed by atoms with Gasteiger partial charge >= 0.3 is 0 Å². The summed E-state index contributed by atoms with van der Waals surface area (Å²) in [7, 11) is 0. The van der Waals surface area contributed by atoms with E-state index in [1.54, 1.807) is 6.08 Å². The highest BCUT2D eigenvalue weighted by molar-refractivity contribution is 5.76. The van der Waals surface area contributed by atoms with Crippen LogP contribution in [0.3, 0.4) is 0 Å². The highest BCUT2D eigenvalue weighted by Gasteiger charge is 2.51. The van der Waals surface area contributed by atoms with Crippen molar-refractivity contribution < 1.29 is 64.6 Å². The van der Waals surface area contributed by atoms with Gasteiger partial charge < -0.3 is 65.1 Å². The van der Waals surface area contributed by atoms with Crippen LogP contribution in [0.5, 0.6) is 0 Å². The Morgan fingerprint density at radius 1 is 0.500 bits per heavy atom. The topological polar surface area (TPSA) is 228 Å². The average Bonchev–Trinajstić information content (AvgIpc) is 3.36. The van der Waals surface area contributed by atoms with Crippen molar-refractivity contribution in [2.45, 2.75) is 319 Å². The summed E-state index contributed by atoms with van der Waals surface area (Å²) in [5.41, 5.74) is 0. The minimum atomic E-state index is -1.78. The molecule has 0 radical (unpaired) electrons. The van der Waals surface area contributed by atoms with Gasteiger partial charge in [-0.2, -0.15) is 0 Å². The lowest BCUT2D eigenvalue weighted by atomic mass is 9.97. The molecule has 2 heterocycles. The normalized spacial score (nSPS) is 26.0. The third kappa shape index (κ3) is 29.0. The van der Waals surface area contributed by atoms with Gasteiger partial charge in [0.25, 0.3) is 0 Å². The fourth-order valence-electron chi connectivity index (χ4n) is 9.76. The molecule has 12 atom stereocenters. The van der Waals surface area contributed by atoms with Crippen molar-refractivity contribution in [2.24, 2.45) is 0 Å². The summed E-state index contributed by atoms with van der Waals surface area (Å²) in [6, 6.07) is -0.907. The average molecular weight is 1000 g/mol. The summed E-state index contributed by atoms with van der Waals surface area (Å²) in [5, 5.41) is 86.7. The molecule has 1 amide bonds. The van der Waals surface area contributed by atoms with E-state index < -0.39 is 86.8 Å². The lowest BCUT2D eigenvalue weighted by Gasteiger charge is -2.46. The van der Waals surface area contributed by atoms with Crippen molar-refractivity contribution in [1.29, 1.82) is 0 Å². The van der Waals surface area contributed by atoms with Crippen LogP contribution in [-0.2, 0) is 23.7 Å². The quantitative estimate of drug-likeness (QED) is 0.0205. The molecule has 2 aliphatic heterocycles. The van der Waals surface area contributed by atoms with Crippen LogP contribution in [0, 0.1) is 0 Å². The van der Waals surface area contributed by atoms with Crippen LogP contribution >= 0.6 is 0 Å². The van der Waals surface area contributed by atoms with E-state index in [9.17, 15) is 45.6 Å². The number of aliphatic hydroxyl groups is 8. The minimum absolute atomic E-state index is 0.244. The highest BCUT2D eigenvalue weighted by Crippen LogP contribution is 2.30. The minimum Gasteiger partial charge on any atom is -0.394 e. The lowest BCUT2D eigenvalue weighted by Crippen LogP contribution is -2.65. The van der Waals surface area contributed by atoms with Crippen LogP contribution in [-0.4, -0.2) is 140 Å². The van der Waals surface area contributed by atoms with Crippen molar-refractivity contribution in [1.82, 2.24) is 5.32 Å². The number of carbonyl (C=O) groups excluding carboxylic acids is 1. The molecule has 14 heteroatoms. The van der Waals surface area contributed by atoms with Crippen molar-refractivity contribution >= 4 is 5.91 Å². The zero-order valence-electron chi connectivity index (χ0n) is 44.3. The van der Waals surface area contributed by atoms with E-state index in [4.69, 9.17) is 18.9 Å². The van der Waals surface area contributed by atoms with Gasteiger partial charge in [0, 0.05) is 6.42 Å². The number of hydrogen-bond acceptors (Lipinski definition) is 13. The second-order valence-electron chi connectivity index (χ2n) is 20.8. The number of unbranched alkanes of at least 4 members (excludes halogenated alkanes) is 33. The van der Waals surface area contributed by atoms with Crippen LogP contribution in [0.1, 0.15) is 245 Å². The summed E-state index contributed by atoms with van der Waals surface area (Å²) in [5.74, 6) is -0.244. The van der Waals surface area contributed by atoms with Gasteiger partial charge in [-0.3, -0.25) is 4.79 Å². The molecule has 12 unspecified atom stereocenters. The molecule has 0 saturated carbocycles. The zero-order valence-corrected chi connectivity index (χ0v) is 44.3. The predicted molar refractivity (Wildman–Crippen MR) is 277 cm³/mol. The first-order valence-corrected chi connectivity index (χ1v) is 28.9. The fraction of sp³-hybridized carbons (Fsp3) is 0.946. The summed E-state index contributed by atoms with van der Waals surface area (Å²) >= 11 is 0. The van der Waals surface area contributed by atoms with Crippen molar-refractivity contribution in [3.63, 3.8) is 0 Å². The summed E-state index contributed by atoms with van der Waals surface area (Å²) < 4.78 is 22.7. The third-order valence-electron chi connectivity index (χ3n) is 14.5. The number of aliphatic hydroxyl groups excluding tert-OH is 8. The Hall–Kier alpha value is -1.27. The molecule has 9 N–H and O–H groups in total. The zero-order chi connectivity index (χ0) is 51.0. The molecule has 2 saturated heterocycles. The Bertz CT molecular complexity index is 1230. The number of hydrogen-bond donors (Lipinski definition) is 9. The van der Waals surface area contributed by atoms with Gasteiger partial charge in [-0.25, -0.2) is 0 Å². The lowest BCUT2D eigenvalue weighted by molar-refractivity contribution is -0.359. The maximum Gasteiger partial charge on any atom is 0.220 e. The maximum atomic E-state index is 13.1. The monoisotopic (exact) mass is 1000 g/mol. The number of nitrogens with one attached hydrogen (secondary N) is 1. The molecular formula is C56H107NO13. The molecule has 0 bridgehead atoms. The van der Waals surface area contributed by atoms with E-state index in [2.05, 4.69) is 19.2 Å². The molecule has 0 spiro atoms. The molecule has 0 aliphatic carbocycles. The summed E-state index contributed by atoms with van der Waals surface area (Å²) in [4.78, 5) is 13.1. The summed E-state index contributed by atoms with van der Waals surface area (Å²) in [6.07, 6.45) is 31.7. The predicted octanol–water partition coefficient (Wildman–Crippen LogP) is 9.11. The van der Waals surface area contributed by atoms with Crippen LogP contribution in [0.2, 0.25) is 0 Å². The second kappa shape index (κ2) is 43.0. The van der Waals surface area contributed by atoms with E-state index in [1.165, 1.54) is 180 Å². The number of amides is 1. The van der Waals surface area contributed by atoms with E-state index in [1.807, 2.05) is 6.08 Å². The molecule has 2 aliphatic rings. The molecular weight excluding hydrogens is 895 g/mol. The molecule has 0 aromatic heterocycles. The standard InChI is InChI=1S/C56H107NO13/c1-3-5-7-9-11-12-13-14-15-16-17-18-19-20-21-22-23-24-25-26-27-28-29-30-31-32-34-35-37-39-45(60)44(57-48(61)40-38-36-33-10-8-6-4-2)43-67-55-53(66)51(64)54(47(42-59)69-55)70-56-52(65)50(63)49(62)46(41-58)68-56/h37,39,44-47,49-56,58-60,62-66H,3-36,38,40-43H2,1-2H3,(H,57,61)/b39-37+. The van der Waals surface area contributed by atoms with Crippen molar-refractivity contribution in [3.8, 4) is 0 Å². The third-order valence-corrected chi connectivity index (χ3v) is 14.5. The SMILES string of the molecule is CCCCCCCCCCCCCCCCCCCCCCCCCCCCC/C=C/C(O)C(COC1OC(CO)C(OC2OC(CO)C(O)C(O)C2O)C(O)C1O)NC(=O)CCCCCCCCC. The van der Waals surface area contributed by atoms with Gasteiger partial charge in [0.1, 0.15) is 48.8 Å². The van der Waals surface area contributed by atoms with E-state index in [-0.39, 0.29) is 18.9 Å². The first-order chi connectivity index (χ1) is 34.1. The molecule has 70 heavy (non-hydrogen) atoms. The van der Waals surface area contributed by atoms with Gasteiger partial charge in [-0.05, 0) is 19.3 Å². The largest absolute Gasteiger partial charge is 0.394 e. The molecule has 2 rings (SSSR count). The Kier molecular flexibility index (Phi) is 39.9. The first kappa shape index (κ1) is 64.8. The Balaban J connectivity index is 1.64. The molecule has 2 fully saturated rings. The van der Waals surface area contributed by atoms with Crippen LogP contribution in [0.15, 0.2) is 12.2 Å². The summed E-state index contributed by atoms with van der Waals surface area (Å²) in [6.45, 7) is 2.75. The number of allylic oxidation sites excluding steroid dienone is 1. The van der Waals surface area contributed by atoms with Crippen LogP contribution in [0.25, 0.3) is 0 Å². The highest BCUT2D eigenvalue weighted by atomic mass is 16.7. The van der Waals surface area contributed by atoms with E-state index in [0.29, 0.717) is 6.42 Å². The number of rotatable bonds is 46. The van der Waals surface area contributed by atoms with Crippen molar-refractivity contribution in [2.75, 3.05) is 19.8 Å². The van der Waals surface area contributed by atoms with Crippen LogP contribution in [0.4, 0.5) is 0 Å². The Morgan fingerprint density at radius 3 is 1.31 bits per heavy atom. The smallest absolute Gasteiger partial charge is 0.220 e. The fourth-order valence-corrected chi connectivity index (χ4v) is 9.76. The maximum absolute atomic E-state index is 13.1. The Labute approximate surface area is 425 Å². The van der Waals surface area contributed by atoms with Gasteiger partial charge in [0.2, 0.25) is 5.91 Å². The van der Waals surface area contributed by atoms with Crippen LogP contribution < -0.4 is 5.32 Å². The first-order valence-electron chi connectivity index (χ1n) is 28.9. The number of carbonyl (C=O) groups is 1. The van der Waals surface area contributed by atoms with Crippen molar-refractivity contribution in [3.05, 3.63) is 12.2 Å². The van der Waals surface area contributed by atoms with E-state index >= 15 is 0 Å². The van der Waals surface area contributed by atoms with Gasteiger partial charge in [-0.15, -0.1) is 0 Å². The number of ether oxygens (including phenoxy) is 4. The molecule has 414 valence electrons. The van der Waals surface area contributed by atoms with Gasteiger partial charge in [0.15, 0.2) is 12.6 Å². The second-order valence-corrected chi connectivity index (χ2v) is 20.8. The molecule has 0 aromatic carbocycles. The van der Waals surface area contributed by atoms with Gasteiger partial charge in [0.05, 0.1) is 32.0 Å². The Morgan fingerprint density at radius 2 is 0.886 bits per heavy atom. The molecule has 14 nitrogen and oxygen atoms in total.